The topological polar surface area (TPSA) is 18.5 Å². The second-order valence-electron chi connectivity index (χ2n) is 9.01. The van der Waals surface area contributed by atoms with Crippen LogP contribution >= 0.6 is 15.8 Å². The summed E-state index contributed by atoms with van der Waals surface area (Å²) in [5, 5.41) is 5.45. The van der Waals surface area contributed by atoms with Crippen molar-refractivity contribution in [2.75, 3.05) is 12.3 Å². The third-order valence-corrected chi connectivity index (χ3v) is 11.3. The van der Waals surface area contributed by atoms with Gasteiger partial charge in [0.1, 0.15) is 6.92 Å². The van der Waals surface area contributed by atoms with Crippen LogP contribution < -0.4 is 21.2 Å². The van der Waals surface area contributed by atoms with E-state index in [0.717, 1.165) is 12.3 Å². The van der Waals surface area contributed by atoms with Crippen molar-refractivity contribution in [1.82, 2.24) is 0 Å². The van der Waals surface area contributed by atoms with Gasteiger partial charge in [-0.2, -0.15) is 0 Å². The highest BCUT2D eigenvalue weighted by Gasteiger charge is 2.48. The van der Waals surface area contributed by atoms with Crippen molar-refractivity contribution in [3.05, 3.63) is 128 Å². The van der Waals surface area contributed by atoms with Crippen molar-refractivity contribution in [1.29, 1.82) is 0 Å². The van der Waals surface area contributed by atoms with Crippen molar-refractivity contribution >= 4 is 37.1 Å². The summed E-state index contributed by atoms with van der Waals surface area (Å²) in [6, 6.07) is 43.3. The first kappa shape index (κ1) is 24.2. The average Bonchev–Trinajstić information content (AvgIpc) is 3.20. The zero-order valence-electron chi connectivity index (χ0n) is 20.0. The van der Waals surface area contributed by atoms with E-state index in [4.69, 9.17) is 9.47 Å². The molecule has 0 saturated carbocycles. The second kappa shape index (κ2) is 11.1. The van der Waals surface area contributed by atoms with Crippen molar-refractivity contribution in [3.8, 4) is 0 Å². The number of hydrogen-bond donors (Lipinski definition) is 0. The fourth-order valence-corrected chi connectivity index (χ4v) is 9.55. The molecule has 35 heavy (non-hydrogen) atoms. The molecule has 1 heterocycles. The van der Waals surface area contributed by atoms with Crippen LogP contribution in [-0.4, -0.2) is 30.3 Å². The third-order valence-electron chi connectivity index (χ3n) is 6.21. The van der Waals surface area contributed by atoms with Crippen LogP contribution in [0.4, 0.5) is 0 Å². The van der Waals surface area contributed by atoms with E-state index in [2.05, 4.69) is 128 Å². The van der Waals surface area contributed by atoms with E-state index in [-0.39, 0.29) is 12.2 Å². The summed E-state index contributed by atoms with van der Waals surface area (Å²) < 4.78 is 13.0. The van der Waals surface area contributed by atoms with E-state index in [1.807, 2.05) is 6.92 Å². The number of rotatable bonds is 8. The Morgan fingerprint density at radius 2 is 0.800 bits per heavy atom. The van der Waals surface area contributed by atoms with Crippen LogP contribution in [0.2, 0.25) is 0 Å². The first-order valence-corrected chi connectivity index (χ1v) is 15.1. The summed E-state index contributed by atoms with van der Waals surface area (Å²) >= 11 is 0. The lowest BCUT2D eigenvalue weighted by molar-refractivity contribution is -0.120. The fourth-order valence-electron chi connectivity index (χ4n) is 4.64. The smallest absolute Gasteiger partial charge is 0.307 e. The second-order valence-corrected chi connectivity index (χ2v) is 13.5. The van der Waals surface area contributed by atoms with E-state index < -0.39 is 21.6 Å². The van der Waals surface area contributed by atoms with E-state index in [9.17, 15) is 0 Å². The summed E-state index contributed by atoms with van der Waals surface area (Å²) in [4.78, 5) is 0. The Kier molecular flexibility index (Phi) is 7.66. The Morgan fingerprint density at radius 3 is 1.06 bits per heavy atom. The first-order valence-electron chi connectivity index (χ1n) is 12.1. The number of ether oxygens (including phenoxy) is 2. The molecule has 1 aliphatic heterocycles. The summed E-state index contributed by atoms with van der Waals surface area (Å²) in [6.07, 6.45) is 1.76. The Labute approximate surface area is 211 Å². The maximum absolute atomic E-state index is 6.50. The molecule has 0 spiro atoms. The van der Waals surface area contributed by atoms with Crippen LogP contribution in [0.3, 0.4) is 0 Å². The maximum Gasteiger partial charge on any atom is 0.312 e. The highest BCUT2D eigenvalue weighted by molar-refractivity contribution is 7.73. The molecule has 0 radical (unpaired) electrons. The summed E-state index contributed by atoms with van der Waals surface area (Å²) in [5.74, 6) is -0.835. The Bertz CT molecular complexity index is 1010. The van der Waals surface area contributed by atoms with E-state index in [0.29, 0.717) is 0 Å². The van der Waals surface area contributed by atoms with Gasteiger partial charge in [-0.15, -0.1) is 0 Å². The molecule has 5 rings (SSSR count). The molecule has 0 unspecified atom stereocenters. The molecule has 0 aromatic heterocycles. The molecule has 0 N–H and O–H groups in total. The zero-order valence-corrected chi connectivity index (χ0v) is 21.8. The normalized spacial score (nSPS) is 19.3. The molecule has 0 aliphatic carbocycles. The number of benzene rings is 4. The van der Waals surface area contributed by atoms with Crippen molar-refractivity contribution in [3.63, 3.8) is 0 Å². The maximum atomic E-state index is 6.50. The van der Waals surface area contributed by atoms with E-state index >= 15 is 0 Å². The Morgan fingerprint density at radius 1 is 0.543 bits per heavy atom. The average molecular weight is 498 g/mol. The lowest BCUT2D eigenvalue weighted by atomic mass is 10.3. The quantitative estimate of drug-likeness (QED) is 0.234. The van der Waals surface area contributed by atoms with Crippen LogP contribution in [0.25, 0.3) is 0 Å². The largest absolute Gasteiger partial charge is 0.312 e. The molecule has 2 atom stereocenters. The monoisotopic (exact) mass is 497 g/mol. The van der Waals surface area contributed by atoms with Gasteiger partial charge in [0, 0.05) is 19.2 Å². The lowest BCUT2D eigenvalue weighted by Gasteiger charge is -2.27. The van der Waals surface area contributed by atoms with Crippen LogP contribution in [0.15, 0.2) is 121 Å². The minimum Gasteiger partial charge on any atom is -0.307 e. The first-order chi connectivity index (χ1) is 17.1. The lowest BCUT2D eigenvalue weighted by Crippen LogP contribution is -2.33. The van der Waals surface area contributed by atoms with Gasteiger partial charge in [0.05, 0.1) is 12.2 Å². The van der Waals surface area contributed by atoms with Gasteiger partial charge in [-0.25, -0.2) is 0 Å². The molecule has 176 valence electrons. The standard InChI is InChI=1S/C31H31O2P2/c1-31(2)32-29(23-34(25-15-7-3-8-16-25)26-17-9-4-10-18-26)30(33-31)24-35(27-19-11-5-12-20-27)28-21-13-6-14-22-28/h3-22,29-30H,1,23-24H2,2H3/q+1/t29-,30-/m0/s1. The van der Waals surface area contributed by atoms with Gasteiger partial charge in [0.15, 0.2) is 0 Å². The highest BCUT2D eigenvalue weighted by Crippen LogP contribution is 2.44. The van der Waals surface area contributed by atoms with Gasteiger partial charge in [0.25, 0.3) is 0 Å². The minimum absolute atomic E-state index is 0.0264. The predicted octanol–water partition coefficient (Wildman–Crippen LogP) is 5.59. The Balaban J connectivity index is 1.46. The van der Waals surface area contributed by atoms with E-state index in [1.54, 1.807) is 0 Å². The van der Waals surface area contributed by atoms with Crippen molar-refractivity contribution in [2.45, 2.75) is 24.9 Å². The summed E-state index contributed by atoms with van der Waals surface area (Å²) in [5.41, 5.74) is 0. The third kappa shape index (κ3) is 6.03. The molecular weight excluding hydrogens is 466 g/mol. The number of hydrogen-bond acceptors (Lipinski definition) is 2. The molecular formula is C31H31O2P2+. The Hall–Kier alpha value is -2.47. The van der Waals surface area contributed by atoms with Gasteiger partial charge >= 0.3 is 5.79 Å². The molecule has 4 aromatic rings. The van der Waals surface area contributed by atoms with Crippen molar-refractivity contribution < 1.29 is 9.47 Å². The van der Waals surface area contributed by atoms with Gasteiger partial charge in [-0.05, 0) is 37.1 Å². The summed E-state index contributed by atoms with van der Waals surface area (Å²) in [6.45, 7) is 6.19. The minimum atomic E-state index is -0.835. The predicted molar refractivity (Wildman–Crippen MR) is 151 cm³/mol. The van der Waals surface area contributed by atoms with Crippen LogP contribution in [-0.2, 0) is 9.47 Å². The molecule has 4 heteroatoms. The molecule has 4 aromatic carbocycles. The molecule has 1 aliphatic rings. The SMILES string of the molecule is [CH2+]C1(C)O[C@@H](CP(c2ccccc2)c2ccccc2)[C@H](CP(c2ccccc2)c2ccccc2)O1. The molecule has 2 nitrogen and oxygen atoms in total. The molecule has 0 bridgehead atoms. The van der Waals surface area contributed by atoms with Crippen LogP contribution in [0, 0.1) is 6.92 Å². The van der Waals surface area contributed by atoms with Crippen LogP contribution in [0.5, 0.6) is 0 Å². The zero-order chi connectivity index (χ0) is 24.1. The van der Waals surface area contributed by atoms with Crippen LogP contribution in [0.1, 0.15) is 6.92 Å². The van der Waals surface area contributed by atoms with Gasteiger partial charge in [-0.1, -0.05) is 121 Å². The van der Waals surface area contributed by atoms with Crippen molar-refractivity contribution in [2.24, 2.45) is 0 Å². The molecule has 0 amide bonds. The van der Waals surface area contributed by atoms with E-state index in [1.165, 1.54) is 21.2 Å². The fraction of sp³-hybridized carbons (Fsp3) is 0.194. The highest BCUT2D eigenvalue weighted by atomic mass is 31.1. The summed E-state index contributed by atoms with van der Waals surface area (Å²) in [7, 11) is -1.18. The molecule has 1 saturated heterocycles. The van der Waals surface area contributed by atoms with Gasteiger partial charge < -0.3 is 9.47 Å². The van der Waals surface area contributed by atoms with Gasteiger partial charge in [-0.3, -0.25) is 0 Å². The van der Waals surface area contributed by atoms with Gasteiger partial charge in [0.2, 0.25) is 0 Å². The molecule has 1 fully saturated rings.